The second-order valence-electron chi connectivity index (χ2n) is 10.4. The molecule has 6 nitrogen and oxygen atoms in total. The number of amides is 1. The number of benzene rings is 2. The standard InChI is InChI=1S/C33H49NO5/c1-3-4-5-6-7-8-9-10-11-12-13-14-15-18-25-39-29-23-21-28(22-24-29)34-32(35)30(33(36)37)26-27-19-16-17-20-31(27)38-2/h16-17,19-24,30H,3-15,18,25-26H2,1-2H3,(H,34,35)(H,36,37). The molecular formula is C33H49NO5. The van der Waals surface area contributed by atoms with Gasteiger partial charge in [-0.1, -0.05) is 109 Å². The van der Waals surface area contributed by atoms with E-state index < -0.39 is 17.8 Å². The lowest BCUT2D eigenvalue weighted by Gasteiger charge is -2.15. The van der Waals surface area contributed by atoms with E-state index in [1.807, 2.05) is 0 Å². The molecule has 216 valence electrons. The van der Waals surface area contributed by atoms with Crippen molar-refractivity contribution in [3.8, 4) is 11.5 Å². The number of hydrogen-bond acceptors (Lipinski definition) is 4. The zero-order valence-corrected chi connectivity index (χ0v) is 24.1. The van der Waals surface area contributed by atoms with Crippen molar-refractivity contribution in [2.24, 2.45) is 5.92 Å². The Balaban J connectivity index is 1.58. The zero-order valence-electron chi connectivity index (χ0n) is 24.1. The van der Waals surface area contributed by atoms with Gasteiger partial charge < -0.3 is 19.9 Å². The number of carbonyl (C=O) groups is 2. The average Bonchev–Trinajstić information content (AvgIpc) is 2.94. The fourth-order valence-electron chi connectivity index (χ4n) is 4.73. The first-order valence-corrected chi connectivity index (χ1v) is 14.9. The summed E-state index contributed by atoms with van der Waals surface area (Å²) in [5, 5.41) is 12.3. The van der Waals surface area contributed by atoms with E-state index >= 15 is 0 Å². The monoisotopic (exact) mass is 539 g/mol. The van der Waals surface area contributed by atoms with E-state index in [0.717, 1.165) is 12.2 Å². The topological polar surface area (TPSA) is 84.9 Å². The van der Waals surface area contributed by atoms with E-state index in [-0.39, 0.29) is 6.42 Å². The second kappa shape index (κ2) is 20.0. The van der Waals surface area contributed by atoms with Crippen LogP contribution in [0.25, 0.3) is 0 Å². The molecule has 1 unspecified atom stereocenters. The van der Waals surface area contributed by atoms with Crippen LogP contribution in [0, 0.1) is 5.92 Å². The molecule has 0 aliphatic carbocycles. The molecule has 39 heavy (non-hydrogen) atoms. The Morgan fingerprint density at radius 2 is 1.31 bits per heavy atom. The normalized spacial score (nSPS) is 11.6. The number of methoxy groups -OCH3 is 1. The molecule has 2 N–H and O–H groups in total. The fourth-order valence-corrected chi connectivity index (χ4v) is 4.73. The summed E-state index contributed by atoms with van der Waals surface area (Å²) in [7, 11) is 1.53. The first kappa shape index (κ1) is 32.2. The van der Waals surface area contributed by atoms with Gasteiger partial charge in [-0.3, -0.25) is 9.59 Å². The minimum atomic E-state index is -1.22. The molecule has 0 aromatic heterocycles. The molecule has 0 fully saturated rings. The molecule has 0 spiro atoms. The smallest absolute Gasteiger partial charge is 0.316 e. The minimum Gasteiger partial charge on any atom is -0.496 e. The number of nitrogens with one attached hydrogen (secondary N) is 1. The highest BCUT2D eigenvalue weighted by Crippen LogP contribution is 2.23. The number of unbranched alkanes of at least 4 members (excludes halogenated alkanes) is 13. The lowest BCUT2D eigenvalue weighted by Crippen LogP contribution is -2.31. The summed E-state index contributed by atoms with van der Waals surface area (Å²) in [5.74, 6) is -1.66. The minimum absolute atomic E-state index is 0.0472. The van der Waals surface area contributed by atoms with Gasteiger partial charge in [0.1, 0.15) is 17.4 Å². The molecule has 0 radical (unpaired) electrons. The van der Waals surface area contributed by atoms with Crippen LogP contribution >= 0.6 is 0 Å². The van der Waals surface area contributed by atoms with E-state index in [4.69, 9.17) is 9.47 Å². The summed E-state index contributed by atoms with van der Waals surface area (Å²) in [6, 6.07) is 14.2. The van der Waals surface area contributed by atoms with E-state index in [2.05, 4.69) is 12.2 Å². The van der Waals surface area contributed by atoms with E-state index in [1.165, 1.54) is 90.6 Å². The maximum atomic E-state index is 12.7. The molecule has 0 aliphatic rings. The number of carboxylic acids is 1. The highest BCUT2D eigenvalue weighted by Gasteiger charge is 2.27. The van der Waals surface area contributed by atoms with Crippen molar-refractivity contribution in [3.63, 3.8) is 0 Å². The molecule has 0 saturated heterocycles. The summed E-state index contributed by atoms with van der Waals surface area (Å²) in [6.07, 6.45) is 18.6. The number of hydrogen-bond donors (Lipinski definition) is 2. The van der Waals surface area contributed by atoms with Crippen molar-refractivity contribution < 1.29 is 24.2 Å². The Labute approximate surface area is 235 Å². The lowest BCUT2D eigenvalue weighted by atomic mass is 9.97. The molecule has 0 saturated carbocycles. The Morgan fingerprint density at radius 3 is 1.85 bits per heavy atom. The molecule has 0 heterocycles. The largest absolute Gasteiger partial charge is 0.496 e. The SMILES string of the molecule is CCCCCCCCCCCCCCCCOc1ccc(NC(=O)C(Cc2ccccc2OC)C(=O)O)cc1. The maximum absolute atomic E-state index is 12.7. The lowest BCUT2D eigenvalue weighted by molar-refractivity contribution is -0.145. The van der Waals surface area contributed by atoms with Crippen molar-refractivity contribution in [2.45, 2.75) is 103 Å². The van der Waals surface area contributed by atoms with Gasteiger partial charge in [0.05, 0.1) is 13.7 Å². The Hall–Kier alpha value is -3.02. The number of aliphatic carboxylic acids is 1. The van der Waals surface area contributed by atoms with Crippen LogP contribution in [0.15, 0.2) is 48.5 Å². The number of rotatable bonds is 22. The van der Waals surface area contributed by atoms with Crippen molar-refractivity contribution in [3.05, 3.63) is 54.1 Å². The third kappa shape index (κ3) is 13.6. The van der Waals surface area contributed by atoms with Crippen LogP contribution in [-0.4, -0.2) is 30.7 Å². The van der Waals surface area contributed by atoms with Gasteiger partial charge in [0.2, 0.25) is 5.91 Å². The predicted octanol–water partition coefficient (Wildman–Crippen LogP) is 8.44. The molecule has 6 heteroatoms. The summed E-state index contributed by atoms with van der Waals surface area (Å²) in [6.45, 7) is 2.94. The number of para-hydroxylation sites is 1. The van der Waals surface area contributed by atoms with E-state index in [0.29, 0.717) is 23.6 Å². The van der Waals surface area contributed by atoms with Crippen molar-refractivity contribution in [2.75, 3.05) is 19.0 Å². The van der Waals surface area contributed by atoms with Crippen LogP contribution < -0.4 is 14.8 Å². The van der Waals surface area contributed by atoms with Gasteiger partial charge in [-0.25, -0.2) is 0 Å². The fraction of sp³-hybridized carbons (Fsp3) is 0.576. The van der Waals surface area contributed by atoms with Gasteiger partial charge >= 0.3 is 5.97 Å². The van der Waals surface area contributed by atoms with Gasteiger partial charge in [0, 0.05) is 5.69 Å². The molecule has 1 amide bonds. The third-order valence-electron chi connectivity index (χ3n) is 7.12. The molecular weight excluding hydrogens is 490 g/mol. The van der Waals surface area contributed by atoms with Crippen LogP contribution in [0.3, 0.4) is 0 Å². The van der Waals surface area contributed by atoms with Crippen LogP contribution in [0.5, 0.6) is 11.5 Å². The van der Waals surface area contributed by atoms with Crippen molar-refractivity contribution in [1.29, 1.82) is 0 Å². The third-order valence-corrected chi connectivity index (χ3v) is 7.12. The van der Waals surface area contributed by atoms with E-state index in [1.54, 1.807) is 48.5 Å². The van der Waals surface area contributed by atoms with E-state index in [9.17, 15) is 14.7 Å². The summed E-state index contributed by atoms with van der Waals surface area (Å²) in [5.41, 5.74) is 1.21. The highest BCUT2D eigenvalue weighted by atomic mass is 16.5. The quantitative estimate of drug-likeness (QED) is 0.116. The Morgan fingerprint density at radius 1 is 0.769 bits per heavy atom. The van der Waals surface area contributed by atoms with Gasteiger partial charge in [-0.2, -0.15) is 0 Å². The van der Waals surface area contributed by atoms with Gasteiger partial charge in [0.15, 0.2) is 0 Å². The predicted molar refractivity (Wildman–Crippen MR) is 159 cm³/mol. The second-order valence-corrected chi connectivity index (χ2v) is 10.4. The number of carboxylic acid groups (broad SMARTS) is 1. The molecule has 1 atom stereocenters. The number of carbonyl (C=O) groups excluding carboxylic acids is 1. The molecule has 0 aliphatic heterocycles. The zero-order chi connectivity index (χ0) is 28.1. The average molecular weight is 540 g/mol. The first-order valence-electron chi connectivity index (χ1n) is 14.9. The summed E-state index contributed by atoms with van der Waals surface area (Å²) < 4.78 is 11.1. The maximum Gasteiger partial charge on any atom is 0.316 e. The Bertz CT molecular complexity index is 943. The summed E-state index contributed by atoms with van der Waals surface area (Å²) >= 11 is 0. The van der Waals surface area contributed by atoms with Crippen molar-refractivity contribution in [1.82, 2.24) is 0 Å². The van der Waals surface area contributed by atoms with Gasteiger partial charge in [-0.05, 0) is 48.7 Å². The van der Waals surface area contributed by atoms with Crippen molar-refractivity contribution >= 4 is 17.6 Å². The van der Waals surface area contributed by atoms with Crippen LogP contribution in [0.1, 0.15) is 102 Å². The molecule has 0 bridgehead atoms. The summed E-state index contributed by atoms with van der Waals surface area (Å²) in [4.78, 5) is 24.5. The molecule has 2 rings (SSSR count). The van der Waals surface area contributed by atoms with Gasteiger partial charge in [0.25, 0.3) is 0 Å². The number of ether oxygens (including phenoxy) is 2. The van der Waals surface area contributed by atoms with Crippen LogP contribution in [0.4, 0.5) is 5.69 Å². The first-order chi connectivity index (χ1) is 19.0. The van der Waals surface area contributed by atoms with Crippen LogP contribution in [0.2, 0.25) is 0 Å². The highest BCUT2D eigenvalue weighted by molar-refractivity contribution is 6.04. The number of anilines is 1. The molecule has 2 aromatic rings. The molecule has 2 aromatic carbocycles. The van der Waals surface area contributed by atoms with Gasteiger partial charge in [-0.15, -0.1) is 0 Å². The Kier molecular flexibility index (Phi) is 16.5. The van der Waals surface area contributed by atoms with Crippen LogP contribution in [-0.2, 0) is 16.0 Å².